The molecule has 0 saturated carbocycles. The number of rotatable bonds is 7. The number of carbonyl (C=O) groups excluding carboxylic acids is 1. The van der Waals surface area contributed by atoms with Crippen molar-refractivity contribution in [3.8, 4) is 0 Å². The van der Waals surface area contributed by atoms with E-state index in [1.54, 1.807) is 0 Å². The molecule has 122 valence electrons. The Kier molecular flexibility index (Phi) is 6.68. The fourth-order valence-corrected chi connectivity index (χ4v) is 2.38. The molecule has 1 N–H and O–H groups in total. The van der Waals surface area contributed by atoms with Crippen molar-refractivity contribution < 1.29 is 14.3 Å². The smallest absolute Gasteiger partial charge is 0.224 e. The molecule has 0 bridgehead atoms. The van der Waals surface area contributed by atoms with Crippen molar-refractivity contribution in [3.05, 3.63) is 29.8 Å². The first kappa shape index (κ1) is 16.8. The lowest BCUT2D eigenvalue weighted by Gasteiger charge is -2.28. The van der Waals surface area contributed by atoms with Crippen LogP contribution in [0.4, 0.5) is 5.69 Å². The van der Waals surface area contributed by atoms with Crippen molar-refractivity contribution in [1.82, 2.24) is 5.32 Å². The Morgan fingerprint density at radius 1 is 1.27 bits per heavy atom. The lowest BCUT2D eigenvalue weighted by Crippen LogP contribution is -2.36. The molecule has 1 heterocycles. The van der Waals surface area contributed by atoms with Crippen LogP contribution in [0.25, 0.3) is 0 Å². The number of nitrogens with zero attached hydrogens (tertiary/aromatic N) is 1. The van der Waals surface area contributed by atoms with Crippen LogP contribution in [0.1, 0.15) is 19.4 Å². The Hall–Kier alpha value is -1.59. The van der Waals surface area contributed by atoms with Crippen LogP contribution in [0, 0.1) is 0 Å². The van der Waals surface area contributed by atoms with Gasteiger partial charge in [-0.1, -0.05) is 12.1 Å². The van der Waals surface area contributed by atoms with Gasteiger partial charge in [-0.15, -0.1) is 0 Å². The lowest BCUT2D eigenvalue weighted by atomic mass is 10.1. The van der Waals surface area contributed by atoms with Crippen LogP contribution in [0.3, 0.4) is 0 Å². The molecular weight excluding hydrogens is 280 g/mol. The molecule has 1 saturated heterocycles. The van der Waals surface area contributed by atoms with E-state index in [2.05, 4.69) is 22.3 Å². The van der Waals surface area contributed by atoms with Crippen LogP contribution in [-0.4, -0.2) is 51.5 Å². The lowest BCUT2D eigenvalue weighted by molar-refractivity contribution is -0.120. The molecule has 1 aliphatic rings. The van der Waals surface area contributed by atoms with Gasteiger partial charge in [-0.2, -0.15) is 0 Å². The van der Waals surface area contributed by atoms with Gasteiger partial charge in [-0.05, 0) is 31.5 Å². The second kappa shape index (κ2) is 8.76. The fourth-order valence-electron chi connectivity index (χ4n) is 2.38. The number of morpholine rings is 1. The van der Waals surface area contributed by atoms with Crippen molar-refractivity contribution >= 4 is 11.6 Å². The predicted molar refractivity (Wildman–Crippen MR) is 87.3 cm³/mol. The second-order valence-electron chi connectivity index (χ2n) is 5.71. The summed E-state index contributed by atoms with van der Waals surface area (Å²) in [5.41, 5.74) is 2.22. The molecule has 0 aromatic heterocycles. The molecule has 0 aliphatic carbocycles. The van der Waals surface area contributed by atoms with E-state index in [0.717, 1.165) is 31.9 Å². The summed E-state index contributed by atoms with van der Waals surface area (Å²) < 4.78 is 10.7. The molecule has 1 aromatic rings. The normalized spacial score (nSPS) is 15.1. The maximum Gasteiger partial charge on any atom is 0.224 e. The Morgan fingerprint density at radius 3 is 2.59 bits per heavy atom. The average molecular weight is 306 g/mol. The minimum Gasteiger partial charge on any atom is -0.378 e. The highest BCUT2D eigenvalue weighted by Crippen LogP contribution is 2.16. The van der Waals surface area contributed by atoms with E-state index in [1.165, 1.54) is 5.69 Å². The van der Waals surface area contributed by atoms with Gasteiger partial charge < -0.3 is 19.7 Å². The van der Waals surface area contributed by atoms with Gasteiger partial charge in [0.15, 0.2) is 0 Å². The third-order valence-electron chi connectivity index (χ3n) is 3.55. The van der Waals surface area contributed by atoms with Crippen molar-refractivity contribution in [1.29, 1.82) is 0 Å². The van der Waals surface area contributed by atoms with Crippen LogP contribution < -0.4 is 10.2 Å². The Labute approximate surface area is 132 Å². The van der Waals surface area contributed by atoms with Crippen LogP contribution in [0.2, 0.25) is 0 Å². The molecule has 0 radical (unpaired) electrons. The first-order valence-corrected chi connectivity index (χ1v) is 7.95. The summed E-state index contributed by atoms with van der Waals surface area (Å²) in [5.74, 6) is 0.0338. The average Bonchev–Trinajstić information content (AvgIpc) is 2.53. The Morgan fingerprint density at radius 2 is 1.95 bits per heavy atom. The largest absolute Gasteiger partial charge is 0.378 e. The SMILES string of the molecule is CC(C)OCCNC(=O)Cc1ccc(N2CCOCC2)cc1. The predicted octanol–water partition coefficient (Wildman–Crippen LogP) is 1.61. The van der Waals surface area contributed by atoms with Crippen molar-refractivity contribution in [3.63, 3.8) is 0 Å². The van der Waals surface area contributed by atoms with Crippen LogP contribution in [-0.2, 0) is 20.7 Å². The van der Waals surface area contributed by atoms with Gasteiger partial charge in [0.05, 0.1) is 32.3 Å². The molecule has 1 amide bonds. The van der Waals surface area contributed by atoms with Gasteiger partial charge in [0.1, 0.15) is 0 Å². The molecule has 2 rings (SSSR count). The summed E-state index contributed by atoms with van der Waals surface area (Å²) in [4.78, 5) is 14.2. The summed E-state index contributed by atoms with van der Waals surface area (Å²) in [6.45, 7) is 8.49. The molecule has 1 aliphatic heterocycles. The minimum absolute atomic E-state index is 0.0338. The number of hydrogen-bond acceptors (Lipinski definition) is 4. The fraction of sp³-hybridized carbons (Fsp3) is 0.588. The van der Waals surface area contributed by atoms with Crippen molar-refractivity contribution in [2.75, 3.05) is 44.4 Å². The van der Waals surface area contributed by atoms with Gasteiger partial charge in [-0.3, -0.25) is 4.79 Å². The molecule has 1 aromatic carbocycles. The van der Waals surface area contributed by atoms with Crippen molar-refractivity contribution in [2.45, 2.75) is 26.4 Å². The van der Waals surface area contributed by atoms with Gasteiger partial charge in [-0.25, -0.2) is 0 Å². The summed E-state index contributed by atoms with van der Waals surface area (Å²) in [5, 5.41) is 2.87. The van der Waals surface area contributed by atoms with E-state index in [-0.39, 0.29) is 12.0 Å². The van der Waals surface area contributed by atoms with E-state index in [9.17, 15) is 4.79 Å². The van der Waals surface area contributed by atoms with E-state index in [1.807, 2.05) is 26.0 Å². The molecule has 1 fully saturated rings. The number of hydrogen-bond donors (Lipinski definition) is 1. The quantitative estimate of drug-likeness (QED) is 0.778. The van der Waals surface area contributed by atoms with Crippen LogP contribution >= 0.6 is 0 Å². The van der Waals surface area contributed by atoms with Gasteiger partial charge in [0.2, 0.25) is 5.91 Å². The number of amides is 1. The van der Waals surface area contributed by atoms with Crippen LogP contribution in [0.5, 0.6) is 0 Å². The van der Waals surface area contributed by atoms with E-state index < -0.39 is 0 Å². The molecule has 5 nitrogen and oxygen atoms in total. The number of nitrogens with one attached hydrogen (secondary N) is 1. The maximum absolute atomic E-state index is 11.9. The zero-order valence-corrected chi connectivity index (χ0v) is 13.5. The molecule has 5 heteroatoms. The monoisotopic (exact) mass is 306 g/mol. The summed E-state index contributed by atoms with van der Waals surface area (Å²) >= 11 is 0. The minimum atomic E-state index is 0.0338. The summed E-state index contributed by atoms with van der Waals surface area (Å²) in [6, 6.07) is 8.20. The Bertz CT molecular complexity index is 453. The van der Waals surface area contributed by atoms with Crippen LogP contribution in [0.15, 0.2) is 24.3 Å². The Balaban J connectivity index is 1.74. The standard InChI is InChI=1S/C17H26N2O3/c1-14(2)22-10-7-18-17(20)13-15-3-5-16(6-4-15)19-8-11-21-12-9-19/h3-6,14H,7-13H2,1-2H3,(H,18,20). The second-order valence-corrected chi connectivity index (χ2v) is 5.71. The molecule has 0 atom stereocenters. The number of anilines is 1. The highest BCUT2D eigenvalue weighted by Gasteiger charge is 2.11. The number of carbonyl (C=O) groups is 1. The summed E-state index contributed by atoms with van der Waals surface area (Å²) in [6.07, 6.45) is 0.607. The molecule has 22 heavy (non-hydrogen) atoms. The first-order valence-electron chi connectivity index (χ1n) is 7.95. The zero-order valence-electron chi connectivity index (χ0n) is 13.5. The van der Waals surface area contributed by atoms with Crippen molar-refractivity contribution in [2.24, 2.45) is 0 Å². The topological polar surface area (TPSA) is 50.8 Å². The van der Waals surface area contributed by atoms with E-state index in [0.29, 0.717) is 19.6 Å². The molecule has 0 unspecified atom stereocenters. The highest BCUT2D eigenvalue weighted by molar-refractivity contribution is 5.78. The third-order valence-corrected chi connectivity index (χ3v) is 3.55. The van der Waals surface area contributed by atoms with E-state index >= 15 is 0 Å². The first-order chi connectivity index (χ1) is 10.6. The number of ether oxygens (including phenoxy) is 2. The zero-order chi connectivity index (χ0) is 15.8. The third kappa shape index (κ3) is 5.66. The van der Waals surface area contributed by atoms with Gasteiger partial charge in [0, 0.05) is 25.3 Å². The van der Waals surface area contributed by atoms with E-state index in [4.69, 9.17) is 9.47 Å². The molecule has 0 spiro atoms. The highest BCUT2D eigenvalue weighted by atomic mass is 16.5. The van der Waals surface area contributed by atoms with Gasteiger partial charge in [0.25, 0.3) is 0 Å². The maximum atomic E-state index is 11.9. The van der Waals surface area contributed by atoms with Gasteiger partial charge >= 0.3 is 0 Å². The summed E-state index contributed by atoms with van der Waals surface area (Å²) in [7, 11) is 0. The number of benzene rings is 1. The molecular formula is C17H26N2O3.